The van der Waals surface area contributed by atoms with Crippen LogP contribution in [0.25, 0.3) is 11.0 Å². The highest BCUT2D eigenvalue weighted by Gasteiger charge is 2.19. The lowest BCUT2D eigenvalue weighted by Crippen LogP contribution is -2.29. The molecule has 25 heavy (non-hydrogen) atoms. The summed E-state index contributed by atoms with van der Waals surface area (Å²) in [6.45, 7) is 1.89. The first-order valence-electron chi connectivity index (χ1n) is 8.15. The van der Waals surface area contributed by atoms with Crippen molar-refractivity contribution in [3.8, 4) is 0 Å². The van der Waals surface area contributed by atoms with E-state index >= 15 is 0 Å². The van der Waals surface area contributed by atoms with Gasteiger partial charge in [-0.05, 0) is 36.2 Å². The molecule has 5 nitrogen and oxygen atoms in total. The van der Waals surface area contributed by atoms with Crippen molar-refractivity contribution >= 4 is 16.9 Å². The lowest BCUT2D eigenvalue weighted by atomic mass is 9.97. The van der Waals surface area contributed by atoms with E-state index in [0.29, 0.717) is 5.56 Å². The van der Waals surface area contributed by atoms with Crippen LogP contribution < -0.4 is 5.32 Å². The highest BCUT2D eigenvalue weighted by molar-refractivity contribution is 5.95. The monoisotopic (exact) mass is 330 g/mol. The van der Waals surface area contributed by atoms with Crippen LogP contribution in [0.5, 0.6) is 0 Å². The molecule has 0 aliphatic rings. The number of nitrogens with zero attached hydrogens (tertiary/aromatic N) is 1. The Hall–Kier alpha value is -3.34. The fourth-order valence-corrected chi connectivity index (χ4v) is 3.04. The van der Waals surface area contributed by atoms with Crippen LogP contribution >= 0.6 is 0 Å². The van der Waals surface area contributed by atoms with Crippen LogP contribution in [-0.4, -0.2) is 20.9 Å². The van der Waals surface area contributed by atoms with E-state index in [9.17, 15) is 4.79 Å². The van der Waals surface area contributed by atoms with Crippen LogP contribution in [0, 0.1) is 6.92 Å². The maximum Gasteiger partial charge on any atom is 0.253 e. The predicted molar refractivity (Wildman–Crippen MR) is 97.4 cm³/mol. The van der Waals surface area contributed by atoms with Crippen molar-refractivity contribution in [3.05, 3.63) is 89.5 Å². The standard InChI is InChI=1S/C20H18N4O/c1-13-16(9-10-21-13)20(25)24-19(14-5-3-2-4-6-14)15-7-8-17-18(11-15)23-12-22-17/h2-12,19,21H,1H3,(H,22,23)(H,24,25)/t19-/m0/s1. The summed E-state index contributed by atoms with van der Waals surface area (Å²) in [5, 5.41) is 3.16. The summed E-state index contributed by atoms with van der Waals surface area (Å²) in [4.78, 5) is 23.2. The van der Waals surface area contributed by atoms with Gasteiger partial charge in [0.25, 0.3) is 5.91 Å². The second kappa shape index (κ2) is 6.28. The van der Waals surface area contributed by atoms with E-state index < -0.39 is 0 Å². The van der Waals surface area contributed by atoms with Gasteiger partial charge in [0.15, 0.2) is 0 Å². The zero-order chi connectivity index (χ0) is 17.2. The van der Waals surface area contributed by atoms with Gasteiger partial charge in [0.05, 0.1) is 29.0 Å². The molecule has 0 fully saturated rings. The maximum atomic E-state index is 12.7. The SMILES string of the molecule is Cc1[nH]ccc1C(=O)N[C@@H](c1ccccc1)c1ccc2nc[nH]c2c1. The molecule has 4 aromatic rings. The van der Waals surface area contributed by atoms with Crippen molar-refractivity contribution in [1.29, 1.82) is 0 Å². The molecule has 0 saturated carbocycles. The third-order valence-electron chi connectivity index (χ3n) is 4.38. The largest absolute Gasteiger partial charge is 0.365 e. The Morgan fingerprint density at radius 1 is 1.04 bits per heavy atom. The topological polar surface area (TPSA) is 73.6 Å². The van der Waals surface area contributed by atoms with Crippen molar-refractivity contribution < 1.29 is 4.79 Å². The zero-order valence-corrected chi connectivity index (χ0v) is 13.8. The summed E-state index contributed by atoms with van der Waals surface area (Å²) in [6, 6.07) is 17.5. The van der Waals surface area contributed by atoms with Crippen LogP contribution in [0.4, 0.5) is 0 Å². The Balaban J connectivity index is 1.74. The van der Waals surface area contributed by atoms with E-state index in [0.717, 1.165) is 27.9 Å². The Labute approximate surface area is 145 Å². The maximum absolute atomic E-state index is 12.7. The zero-order valence-electron chi connectivity index (χ0n) is 13.8. The average molecular weight is 330 g/mol. The van der Waals surface area contributed by atoms with Gasteiger partial charge >= 0.3 is 0 Å². The number of amides is 1. The average Bonchev–Trinajstić information content (AvgIpc) is 3.28. The van der Waals surface area contributed by atoms with Crippen LogP contribution in [0.15, 0.2) is 67.1 Å². The number of carbonyl (C=O) groups excluding carboxylic acids is 1. The molecule has 2 heterocycles. The second-order valence-corrected chi connectivity index (χ2v) is 6.01. The molecule has 124 valence electrons. The van der Waals surface area contributed by atoms with Crippen LogP contribution in [0.2, 0.25) is 0 Å². The number of imidazole rings is 1. The van der Waals surface area contributed by atoms with Gasteiger partial charge < -0.3 is 15.3 Å². The third-order valence-corrected chi connectivity index (χ3v) is 4.38. The van der Waals surface area contributed by atoms with E-state index in [4.69, 9.17) is 0 Å². The smallest absolute Gasteiger partial charge is 0.253 e. The molecule has 1 amide bonds. The van der Waals surface area contributed by atoms with Crippen molar-refractivity contribution in [2.75, 3.05) is 0 Å². The molecule has 0 saturated heterocycles. The number of aryl methyl sites for hydroxylation is 1. The molecule has 2 aromatic heterocycles. The van der Waals surface area contributed by atoms with E-state index in [-0.39, 0.29) is 11.9 Å². The van der Waals surface area contributed by atoms with Crippen molar-refractivity contribution in [2.24, 2.45) is 0 Å². The van der Waals surface area contributed by atoms with Crippen LogP contribution in [0.1, 0.15) is 33.2 Å². The fraction of sp³-hybridized carbons (Fsp3) is 0.100. The Morgan fingerprint density at radius 2 is 1.88 bits per heavy atom. The van der Waals surface area contributed by atoms with Crippen molar-refractivity contribution in [1.82, 2.24) is 20.3 Å². The predicted octanol–water partition coefficient (Wildman–Crippen LogP) is 3.72. The molecular weight excluding hydrogens is 312 g/mol. The first-order chi connectivity index (χ1) is 12.2. The molecule has 5 heteroatoms. The normalized spacial score (nSPS) is 12.2. The minimum atomic E-state index is -0.240. The summed E-state index contributed by atoms with van der Waals surface area (Å²) in [7, 11) is 0. The molecule has 2 aromatic carbocycles. The molecule has 0 radical (unpaired) electrons. The number of rotatable bonds is 4. The lowest BCUT2D eigenvalue weighted by molar-refractivity contribution is 0.0942. The van der Waals surface area contributed by atoms with Gasteiger partial charge in [-0.2, -0.15) is 0 Å². The van der Waals surface area contributed by atoms with Gasteiger partial charge in [-0.1, -0.05) is 36.4 Å². The number of benzene rings is 2. The molecule has 1 atom stereocenters. The Bertz CT molecular complexity index is 1020. The van der Waals surface area contributed by atoms with Gasteiger partial charge in [0, 0.05) is 11.9 Å². The molecule has 0 aliphatic heterocycles. The van der Waals surface area contributed by atoms with Gasteiger partial charge in [0.2, 0.25) is 0 Å². The number of H-pyrrole nitrogens is 2. The summed E-state index contributed by atoms with van der Waals surface area (Å²) in [6.07, 6.45) is 3.45. The quantitative estimate of drug-likeness (QED) is 0.533. The molecule has 0 bridgehead atoms. The lowest BCUT2D eigenvalue weighted by Gasteiger charge is -2.20. The number of aromatic amines is 2. The summed E-state index contributed by atoms with van der Waals surface area (Å²) in [5.74, 6) is -0.0997. The van der Waals surface area contributed by atoms with Gasteiger partial charge in [-0.15, -0.1) is 0 Å². The second-order valence-electron chi connectivity index (χ2n) is 6.01. The number of hydrogen-bond acceptors (Lipinski definition) is 2. The van der Waals surface area contributed by atoms with E-state index in [1.807, 2.05) is 55.5 Å². The minimum Gasteiger partial charge on any atom is -0.365 e. The first-order valence-corrected chi connectivity index (χ1v) is 8.15. The summed E-state index contributed by atoms with van der Waals surface area (Å²) < 4.78 is 0. The molecule has 0 unspecified atom stereocenters. The molecule has 4 rings (SSSR count). The highest BCUT2D eigenvalue weighted by Crippen LogP contribution is 2.25. The van der Waals surface area contributed by atoms with Gasteiger partial charge in [0.1, 0.15) is 0 Å². The van der Waals surface area contributed by atoms with Crippen LogP contribution in [0.3, 0.4) is 0 Å². The van der Waals surface area contributed by atoms with E-state index in [1.54, 1.807) is 18.6 Å². The van der Waals surface area contributed by atoms with E-state index in [1.165, 1.54) is 0 Å². The third kappa shape index (κ3) is 2.92. The number of fused-ring (bicyclic) bond motifs is 1. The van der Waals surface area contributed by atoms with Gasteiger partial charge in [-0.3, -0.25) is 4.79 Å². The van der Waals surface area contributed by atoms with E-state index in [2.05, 4.69) is 20.3 Å². The first kappa shape index (κ1) is 15.2. The Morgan fingerprint density at radius 3 is 2.64 bits per heavy atom. The van der Waals surface area contributed by atoms with Gasteiger partial charge in [-0.25, -0.2) is 4.98 Å². The summed E-state index contributed by atoms with van der Waals surface area (Å²) >= 11 is 0. The van der Waals surface area contributed by atoms with Crippen molar-refractivity contribution in [3.63, 3.8) is 0 Å². The minimum absolute atomic E-state index is 0.0997. The molecule has 0 spiro atoms. The van der Waals surface area contributed by atoms with Crippen molar-refractivity contribution in [2.45, 2.75) is 13.0 Å². The molecule has 0 aliphatic carbocycles. The number of nitrogens with one attached hydrogen (secondary N) is 3. The summed E-state index contributed by atoms with van der Waals surface area (Å²) in [5.41, 5.74) is 5.40. The molecule has 3 N–H and O–H groups in total. The molecular formula is C20H18N4O. The number of aromatic nitrogens is 3. The highest BCUT2D eigenvalue weighted by atomic mass is 16.1. The Kier molecular flexibility index (Phi) is 3.82. The number of carbonyl (C=O) groups is 1. The number of hydrogen-bond donors (Lipinski definition) is 3. The van der Waals surface area contributed by atoms with Crippen LogP contribution in [-0.2, 0) is 0 Å². The fourth-order valence-electron chi connectivity index (χ4n) is 3.04.